The summed E-state index contributed by atoms with van der Waals surface area (Å²) in [6, 6.07) is 7.27. The predicted molar refractivity (Wildman–Crippen MR) is 73.2 cm³/mol. The quantitative estimate of drug-likeness (QED) is 0.907. The molecule has 0 aliphatic heterocycles. The molecule has 2 aromatic rings. The van der Waals surface area contributed by atoms with Gasteiger partial charge in [0.1, 0.15) is 0 Å². The molecule has 1 aromatic carbocycles. The van der Waals surface area contributed by atoms with Crippen LogP contribution in [0, 0.1) is 11.3 Å². The summed E-state index contributed by atoms with van der Waals surface area (Å²) in [6.45, 7) is 0. The number of rotatable bonds is 2. The number of aromatic nitrogens is 2. The molecule has 1 unspecified atom stereocenters. The number of carbonyl (C=O) groups is 1. The SMILES string of the molecule is N#Cc1ccc2c(c1)CC(Sc1nnc(N)s1)C2=O. The van der Waals surface area contributed by atoms with Crippen LogP contribution in [0.2, 0.25) is 0 Å². The number of Topliss-reactive ketones (excluding diaryl/α,β-unsaturated/α-hetero) is 1. The van der Waals surface area contributed by atoms with Crippen LogP contribution in [0.4, 0.5) is 5.13 Å². The lowest BCUT2D eigenvalue weighted by Gasteiger charge is -2.02. The molecule has 0 fully saturated rings. The number of benzene rings is 1. The van der Waals surface area contributed by atoms with Crippen molar-refractivity contribution < 1.29 is 4.79 Å². The van der Waals surface area contributed by atoms with Gasteiger partial charge in [-0.25, -0.2) is 0 Å². The molecule has 1 aromatic heterocycles. The molecule has 0 saturated carbocycles. The number of nitrogen functional groups attached to an aromatic ring is 1. The Hall–Kier alpha value is -1.91. The van der Waals surface area contributed by atoms with E-state index in [0.717, 1.165) is 5.56 Å². The summed E-state index contributed by atoms with van der Waals surface area (Å²) >= 11 is 2.66. The summed E-state index contributed by atoms with van der Waals surface area (Å²) in [5, 5.41) is 16.7. The van der Waals surface area contributed by atoms with E-state index in [1.165, 1.54) is 23.1 Å². The van der Waals surface area contributed by atoms with E-state index < -0.39 is 0 Å². The second-order valence-corrected chi connectivity index (χ2v) is 6.52. The Balaban J connectivity index is 1.85. The van der Waals surface area contributed by atoms with Gasteiger partial charge in [0.25, 0.3) is 0 Å². The van der Waals surface area contributed by atoms with Crippen LogP contribution in [0.5, 0.6) is 0 Å². The molecule has 0 spiro atoms. The highest BCUT2D eigenvalue weighted by Gasteiger charge is 2.32. The summed E-state index contributed by atoms with van der Waals surface area (Å²) in [7, 11) is 0. The fourth-order valence-electron chi connectivity index (χ4n) is 2.02. The highest BCUT2D eigenvalue weighted by atomic mass is 32.2. The Morgan fingerprint density at radius 3 is 3.00 bits per heavy atom. The molecule has 1 aliphatic carbocycles. The molecule has 1 aliphatic rings. The average Bonchev–Trinajstić information content (AvgIpc) is 2.95. The van der Waals surface area contributed by atoms with E-state index in [1.54, 1.807) is 18.2 Å². The fourth-order valence-corrected chi connectivity index (χ4v) is 3.99. The zero-order valence-electron chi connectivity index (χ0n) is 9.66. The van der Waals surface area contributed by atoms with Gasteiger partial charge in [-0.3, -0.25) is 4.79 Å². The second kappa shape index (κ2) is 4.64. The van der Waals surface area contributed by atoms with Gasteiger partial charge in [0.05, 0.1) is 16.9 Å². The number of anilines is 1. The molecule has 3 rings (SSSR count). The summed E-state index contributed by atoms with van der Waals surface area (Å²) in [5.41, 5.74) is 7.73. The Bertz CT molecular complexity index is 704. The zero-order valence-corrected chi connectivity index (χ0v) is 11.3. The number of ketones is 1. The standard InChI is InChI=1S/C12H8N4OS2/c13-5-6-1-2-8-7(3-6)4-9(10(8)17)18-12-16-15-11(14)19-12/h1-3,9H,4H2,(H2,14,15). The van der Waals surface area contributed by atoms with E-state index in [9.17, 15) is 4.79 Å². The average molecular weight is 288 g/mol. The fraction of sp³-hybridized carbons (Fsp3) is 0.167. The monoisotopic (exact) mass is 288 g/mol. The molecular weight excluding hydrogens is 280 g/mol. The largest absolute Gasteiger partial charge is 0.374 e. The minimum absolute atomic E-state index is 0.0817. The second-order valence-electron chi connectivity index (χ2n) is 4.06. The van der Waals surface area contributed by atoms with Gasteiger partial charge < -0.3 is 5.73 Å². The van der Waals surface area contributed by atoms with Crippen LogP contribution in [-0.2, 0) is 6.42 Å². The van der Waals surface area contributed by atoms with E-state index in [4.69, 9.17) is 11.0 Å². The topological polar surface area (TPSA) is 92.7 Å². The lowest BCUT2D eigenvalue weighted by atomic mass is 10.1. The van der Waals surface area contributed by atoms with Crippen LogP contribution in [0.25, 0.3) is 0 Å². The van der Waals surface area contributed by atoms with Crippen molar-refractivity contribution >= 4 is 34.0 Å². The van der Waals surface area contributed by atoms with Gasteiger partial charge in [0.2, 0.25) is 5.13 Å². The van der Waals surface area contributed by atoms with Gasteiger partial charge in [-0.15, -0.1) is 10.2 Å². The summed E-state index contributed by atoms with van der Waals surface area (Å²) < 4.78 is 0.698. The molecular formula is C12H8N4OS2. The molecule has 2 N–H and O–H groups in total. The van der Waals surface area contributed by atoms with Crippen LogP contribution >= 0.6 is 23.1 Å². The van der Waals surface area contributed by atoms with Crippen molar-refractivity contribution in [1.29, 1.82) is 5.26 Å². The maximum atomic E-state index is 12.2. The molecule has 0 bridgehead atoms. The van der Waals surface area contributed by atoms with Crippen molar-refractivity contribution in [3.63, 3.8) is 0 Å². The van der Waals surface area contributed by atoms with Crippen molar-refractivity contribution in [2.45, 2.75) is 16.0 Å². The van der Waals surface area contributed by atoms with Crippen molar-refractivity contribution in [2.75, 3.05) is 5.73 Å². The minimum Gasteiger partial charge on any atom is -0.374 e. The number of nitrogens with zero attached hydrogens (tertiary/aromatic N) is 3. The number of thioether (sulfide) groups is 1. The third kappa shape index (κ3) is 2.20. The Labute approximate surface area is 117 Å². The molecule has 0 radical (unpaired) electrons. The van der Waals surface area contributed by atoms with Gasteiger partial charge >= 0.3 is 0 Å². The highest BCUT2D eigenvalue weighted by Crippen LogP contribution is 2.36. The van der Waals surface area contributed by atoms with Crippen molar-refractivity contribution in [3.05, 3.63) is 34.9 Å². The van der Waals surface area contributed by atoms with Crippen LogP contribution in [0.15, 0.2) is 22.5 Å². The number of hydrogen-bond acceptors (Lipinski definition) is 7. The summed E-state index contributed by atoms with van der Waals surface area (Å²) in [6.07, 6.45) is 0.619. The third-order valence-corrected chi connectivity index (χ3v) is 4.90. The normalized spacial score (nSPS) is 17.2. The van der Waals surface area contributed by atoms with Crippen molar-refractivity contribution in [3.8, 4) is 6.07 Å². The van der Waals surface area contributed by atoms with Gasteiger partial charge in [-0.05, 0) is 30.2 Å². The zero-order chi connectivity index (χ0) is 13.4. The molecule has 0 saturated heterocycles. The Morgan fingerprint density at radius 2 is 2.32 bits per heavy atom. The van der Waals surface area contributed by atoms with Crippen molar-refractivity contribution in [2.24, 2.45) is 0 Å². The summed E-state index contributed by atoms with van der Waals surface area (Å²) in [4.78, 5) is 12.2. The van der Waals surface area contributed by atoms with E-state index in [2.05, 4.69) is 16.3 Å². The molecule has 5 nitrogen and oxygen atoms in total. The molecule has 94 valence electrons. The Kier molecular flexibility index (Phi) is 2.97. The third-order valence-electron chi connectivity index (χ3n) is 2.86. The maximum Gasteiger partial charge on any atom is 0.203 e. The molecule has 0 amide bonds. The molecule has 7 heteroatoms. The summed E-state index contributed by atoms with van der Waals surface area (Å²) in [5.74, 6) is 0.0817. The predicted octanol–water partition coefficient (Wildman–Crippen LogP) is 1.89. The van der Waals surface area contributed by atoms with E-state index >= 15 is 0 Å². The van der Waals surface area contributed by atoms with Gasteiger partial charge in [0.15, 0.2) is 10.1 Å². The van der Waals surface area contributed by atoms with Crippen molar-refractivity contribution in [1.82, 2.24) is 10.2 Å². The van der Waals surface area contributed by atoms with Crippen LogP contribution < -0.4 is 5.73 Å². The minimum atomic E-state index is -0.198. The number of carbonyl (C=O) groups excluding carboxylic acids is 1. The maximum absolute atomic E-state index is 12.2. The van der Waals surface area contributed by atoms with E-state index in [-0.39, 0.29) is 11.0 Å². The molecule has 1 heterocycles. The number of fused-ring (bicyclic) bond motifs is 1. The number of nitrogens with two attached hydrogens (primary N) is 1. The first kappa shape index (κ1) is 12.1. The first-order chi connectivity index (χ1) is 9.17. The van der Waals surface area contributed by atoms with Gasteiger partial charge in [0, 0.05) is 5.56 Å². The Morgan fingerprint density at radius 1 is 1.47 bits per heavy atom. The lowest BCUT2D eigenvalue weighted by molar-refractivity contribution is 0.100. The van der Waals surface area contributed by atoms with Gasteiger partial charge in [-0.1, -0.05) is 23.1 Å². The van der Waals surface area contributed by atoms with Crippen LogP contribution in [0.3, 0.4) is 0 Å². The first-order valence-corrected chi connectivity index (χ1v) is 7.20. The van der Waals surface area contributed by atoms with E-state index in [1.807, 2.05) is 0 Å². The van der Waals surface area contributed by atoms with Crippen LogP contribution in [-0.4, -0.2) is 21.2 Å². The highest BCUT2D eigenvalue weighted by molar-refractivity contribution is 8.02. The van der Waals surface area contributed by atoms with E-state index in [0.29, 0.717) is 27.0 Å². The molecule has 1 atom stereocenters. The number of nitriles is 1. The number of hydrogen-bond donors (Lipinski definition) is 1. The smallest absolute Gasteiger partial charge is 0.203 e. The lowest BCUT2D eigenvalue weighted by Crippen LogP contribution is -2.10. The van der Waals surface area contributed by atoms with Crippen LogP contribution in [0.1, 0.15) is 21.5 Å². The first-order valence-electron chi connectivity index (χ1n) is 5.50. The molecule has 19 heavy (non-hydrogen) atoms. The van der Waals surface area contributed by atoms with Gasteiger partial charge in [-0.2, -0.15) is 5.26 Å².